The van der Waals surface area contributed by atoms with Gasteiger partial charge in [0.05, 0.1) is 12.7 Å². The number of likely N-dealkylation sites (tertiary alicyclic amines) is 1. The van der Waals surface area contributed by atoms with Crippen molar-refractivity contribution in [1.29, 1.82) is 0 Å². The molecule has 0 saturated carbocycles. The minimum Gasteiger partial charge on any atom is -0.459 e. The van der Waals surface area contributed by atoms with Crippen LogP contribution < -0.4 is 10.9 Å². The Morgan fingerprint density at radius 1 is 1.07 bits per heavy atom. The van der Waals surface area contributed by atoms with E-state index in [0.717, 1.165) is 0 Å². The molecule has 0 radical (unpaired) electrons. The van der Waals surface area contributed by atoms with Crippen LogP contribution in [-0.2, 0) is 16.0 Å². The van der Waals surface area contributed by atoms with Crippen molar-refractivity contribution in [2.45, 2.75) is 19.3 Å². The third-order valence-corrected chi connectivity index (χ3v) is 4.49. The number of hydrogen-bond acceptors (Lipinski definition) is 4. The van der Waals surface area contributed by atoms with Crippen LogP contribution in [0.5, 0.6) is 0 Å². The third-order valence-electron chi connectivity index (χ3n) is 4.49. The van der Waals surface area contributed by atoms with Gasteiger partial charge in [-0.25, -0.2) is 4.39 Å². The number of furan rings is 1. The van der Waals surface area contributed by atoms with E-state index in [1.165, 1.54) is 30.5 Å². The highest BCUT2D eigenvalue weighted by atomic mass is 19.1. The molecule has 0 spiro atoms. The average Bonchev–Trinajstić information content (AvgIpc) is 3.22. The Bertz CT molecular complexity index is 797. The van der Waals surface area contributed by atoms with Gasteiger partial charge in [0.15, 0.2) is 5.76 Å². The van der Waals surface area contributed by atoms with Gasteiger partial charge in [0.1, 0.15) is 5.82 Å². The van der Waals surface area contributed by atoms with Crippen LogP contribution in [0.2, 0.25) is 0 Å². The standard InChI is InChI=1S/C19H20FN3O4/c20-15-5-3-13(4-6-15)12-17(24)21-22-18(25)14-7-9-23(10-8-14)19(26)16-2-1-11-27-16/h1-6,11,14H,7-10,12H2,(H,21,24)(H,22,25). The van der Waals surface area contributed by atoms with Crippen molar-refractivity contribution in [3.05, 3.63) is 59.8 Å². The molecule has 2 N–H and O–H groups in total. The summed E-state index contributed by atoms with van der Waals surface area (Å²) >= 11 is 0. The summed E-state index contributed by atoms with van der Waals surface area (Å²) in [6.45, 7) is 0.891. The molecule has 1 aromatic carbocycles. The monoisotopic (exact) mass is 373 g/mol. The van der Waals surface area contributed by atoms with Crippen molar-refractivity contribution >= 4 is 17.7 Å². The SMILES string of the molecule is O=C(Cc1ccc(F)cc1)NNC(=O)C1CCN(C(=O)c2ccco2)CC1. The second-order valence-electron chi connectivity index (χ2n) is 6.38. The molecule has 1 aliphatic rings. The van der Waals surface area contributed by atoms with Crippen LogP contribution in [0.15, 0.2) is 47.1 Å². The van der Waals surface area contributed by atoms with Crippen molar-refractivity contribution in [3.8, 4) is 0 Å². The van der Waals surface area contributed by atoms with Crippen LogP contribution in [0.4, 0.5) is 4.39 Å². The second kappa shape index (κ2) is 8.48. The molecule has 0 atom stereocenters. The number of nitrogens with one attached hydrogen (secondary N) is 2. The number of hydrazine groups is 1. The molecule has 1 aromatic heterocycles. The molecule has 0 unspecified atom stereocenters. The Morgan fingerprint density at radius 2 is 1.78 bits per heavy atom. The fourth-order valence-electron chi connectivity index (χ4n) is 2.97. The van der Waals surface area contributed by atoms with Crippen LogP contribution >= 0.6 is 0 Å². The molecule has 8 heteroatoms. The van der Waals surface area contributed by atoms with E-state index in [9.17, 15) is 18.8 Å². The van der Waals surface area contributed by atoms with Gasteiger partial charge in [0.2, 0.25) is 11.8 Å². The van der Waals surface area contributed by atoms with Gasteiger partial charge in [-0.1, -0.05) is 12.1 Å². The number of piperidine rings is 1. The van der Waals surface area contributed by atoms with Crippen LogP contribution in [0.1, 0.15) is 29.0 Å². The van der Waals surface area contributed by atoms with Gasteiger partial charge in [0.25, 0.3) is 5.91 Å². The molecule has 1 fully saturated rings. The van der Waals surface area contributed by atoms with E-state index in [4.69, 9.17) is 4.42 Å². The maximum absolute atomic E-state index is 12.9. The summed E-state index contributed by atoms with van der Waals surface area (Å²) in [6, 6.07) is 8.85. The number of benzene rings is 1. The Balaban J connectivity index is 1.41. The highest BCUT2D eigenvalue weighted by Gasteiger charge is 2.28. The van der Waals surface area contributed by atoms with Gasteiger partial charge in [-0.15, -0.1) is 0 Å². The molecule has 0 bridgehead atoms. The quantitative estimate of drug-likeness (QED) is 0.798. The minimum absolute atomic E-state index is 0.0383. The highest BCUT2D eigenvalue weighted by molar-refractivity contribution is 5.91. The van der Waals surface area contributed by atoms with Gasteiger partial charge in [0, 0.05) is 19.0 Å². The fraction of sp³-hybridized carbons (Fsp3) is 0.316. The van der Waals surface area contributed by atoms with Gasteiger partial charge in [-0.2, -0.15) is 0 Å². The molecule has 2 heterocycles. The maximum atomic E-state index is 12.9. The van der Waals surface area contributed by atoms with E-state index in [1.54, 1.807) is 17.0 Å². The van der Waals surface area contributed by atoms with Crippen molar-refractivity contribution in [2.75, 3.05) is 13.1 Å². The Kier molecular flexibility index (Phi) is 5.85. The molecule has 3 rings (SSSR count). The molecule has 1 saturated heterocycles. The number of amides is 3. The van der Waals surface area contributed by atoms with E-state index < -0.39 is 0 Å². The molecule has 2 aromatic rings. The van der Waals surface area contributed by atoms with E-state index in [0.29, 0.717) is 31.5 Å². The minimum atomic E-state index is -0.389. The highest BCUT2D eigenvalue weighted by Crippen LogP contribution is 2.19. The summed E-state index contributed by atoms with van der Waals surface area (Å²) in [6.07, 6.45) is 2.50. The topological polar surface area (TPSA) is 91.7 Å². The lowest BCUT2D eigenvalue weighted by Gasteiger charge is -2.30. The number of carbonyl (C=O) groups is 3. The summed E-state index contributed by atoms with van der Waals surface area (Å²) in [5.74, 6) is -1.23. The summed E-state index contributed by atoms with van der Waals surface area (Å²) in [4.78, 5) is 37.9. The molecule has 1 aliphatic heterocycles. The maximum Gasteiger partial charge on any atom is 0.289 e. The molecule has 27 heavy (non-hydrogen) atoms. The zero-order chi connectivity index (χ0) is 19.2. The first-order valence-corrected chi connectivity index (χ1v) is 8.69. The van der Waals surface area contributed by atoms with Crippen LogP contribution in [-0.4, -0.2) is 35.7 Å². The smallest absolute Gasteiger partial charge is 0.289 e. The van der Waals surface area contributed by atoms with Crippen molar-refractivity contribution in [1.82, 2.24) is 15.8 Å². The number of rotatable bonds is 4. The normalized spacial score (nSPS) is 14.6. The molecule has 142 valence electrons. The fourth-order valence-corrected chi connectivity index (χ4v) is 2.97. The van der Waals surface area contributed by atoms with Gasteiger partial charge >= 0.3 is 0 Å². The van der Waals surface area contributed by atoms with E-state index in [2.05, 4.69) is 10.9 Å². The Hall–Kier alpha value is -3.16. The summed E-state index contributed by atoms with van der Waals surface area (Å²) in [5, 5.41) is 0. The van der Waals surface area contributed by atoms with Crippen molar-refractivity contribution in [2.24, 2.45) is 5.92 Å². The molecular weight excluding hydrogens is 353 g/mol. The number of carbonyl (C=O) groups excluding carboxylic acids is 3. The van der Waals surface area contributed by atoms with Crippen LogP contribution in [0.3, 0.4) is 0 Å². The largest absolute Gasteiger partial charge is 0.459 e. The average molecular weight is 373 g/mol. The molecule has 3 amide bonds. The first-order chi connectivity index (χ1) is 13.0. The summed E-state index contributed by atoms with van der Waals surface area (Å²) < 4.78 is 18.0. The number of halogens is 1. The van der Waals surface area contributed by atoms with Gasteiger partial charge in [-0.05, 0) is 42.7 Å². The van der Waals surface area contributed by atoms with E-state index in [-0.39, 0.29) is 41.6 Å². The Labute approximate surface area is 155 Å². The van der Waals surface area contributed by atoms with E-state index >= 15 is 0 Å². The Morgan fingerprint density at radius 3 is 2.41 bits per heavy atom. The lowest BCUT2D eigenvalue weighted by atomic mass is 9.96. The number of hydrogen-bond donors (Lipinski definition) is 2. The lowest BCUT2D eigenvalue weighted by molar-refractivity contribution is -0.131. The van der Waals surface area contributed by atoms with Gasteiger partial charge in [-0.3, -0.25) is 25.2 Å². The molecule has 0 aliphatic carbocycles. The first kappa shape index (κ1) is 18.6. The third kappa shape index (κ3) is 4.93. The van der Waals surface area contributed by atoms with Crippen molar-refractivity contribution in [3.63, 3.8) is 0 Å². The predicted octanol–water partition coefficient (Wildman–Crippen LogP) is 1.66. The summed E-state index contributed by atoms with van der Waals surface area (Å²) in [7, 11) is 0. The number of nitrogens with zero attached hydrogens (tertiary/aromatic N) is 1. The zero-order valence-electron chi connectivity index (χ0n) is 14.6. The molecule has 7 nitrogen and oxygen atoms in total. The van der Waals surface area contributed by atoms with Crippen molar-refractivity contribution < 1.29 is 23.2 Å². The predicted molar refractivity (Wildman–Crippen MR) is 93.7 cm³/mol. The summed E-state index contributed by atoms with van der Waals surface area (Å²) in [5.41, 5.74) is 5.44. The zero-order valence-corrected chi connectivity index (χ0v) is 14.6. The van der Waals surface area contributed by atoms with Crippen LogP contribution in [0, 0.1) is 11.7 Å². The second-order valence-corrected chi connectivity index (χ2v) is 6.38. The van der Waals surface area contributed by atoms with Gasteiger partial charge < -0.3 is 9.32 Å². The van der Waals surface area contributed by atoms with Crippen LogP contribution in [0.25, 0.3) is 0 Å². The first-order valence-electron chi connectivity index (χ1n) is 8.69. The van der Waals surface area contributed by atoms with E-state index in [1.807, 2.05) is 0 Å². The lowest BCUT2D eigenvalue weighted by Crippen LogP contribution is -2.48. The molecular formula is C19H20FN3O4.